The number of benzene rings is 3. The molecule has 202 valence electrons. The number of rotatable bonds is 11. The summed E-state index contributed by atoms with van der Waals surface area (Å²) >= 11 is 9.43. The van der Waals surface area contributed by atoms with Crippen LogP contribution in [0.2, 0.25) is 5.02 Å². The van der Waals surface area contributed by atoms with Gasteiger partial charge in [0.1, 0.15) is 17.2 Å². The molecule has 0 aliphatic carbocycles. The summed E-state index contributed by atoms with van der Waals surface area (Å²) in [4.78, 5) is 30.7. The van der Waals surface area contributed by atoms with Gasteiger partial charge in [0.2, 0.25) is 0 Å². The molecule has 1 amide bonds. The number of carbonyl (C=O) groups excluding carboxylic acids is 1. The van der Waals surface area contributed by atoms with Gasteiger partial charge in [-0.2, -0.15) is 11.8 Å². The number of methoxy groups -OCH3 is 1. The van der Waals surface area contributed by atoms with Gasteiger partial charge in [-0.3, -0.25) is 4.79 Å². The molecule has 1 heterocycles. The van der Waals surface area contributed by atoms with Gasteiger partial charge < -0.3 is 15.2 Å². The molecule has 4 aromatic rings. The number of nitrogens with one attached hydrogen (secondary N) is 1. The zero-order valence-corrected chi connectivity index (χ0v) is 25.2. The van der Waals surface area contributed by atoms with Crippen LogP contribution in [-0.4, -0.2) is 47.1 Å². The Bertz CT molecular complexity index is 1480. The number of aromatic nitrogens is 1. The van der Waals surface area contributed by atoms with E-state index in [1.54, 1.807) is 19.4 Å². The number of thiazole rings is 1. The summed E-state index contributed by atoms with van der Waals surface area (Å²) in [5.41, 5.74) is 4.69. The van der Waals surface area contributed by atoms with E-state index in [4.69, 9.17) is 16.3 Å². The number of carbonyl (C=O) groups is 2. The van der Waals surface area contributed by atoms with Crippen LogP contribution >= 0.6 is 34.7 Å². The number of aryl methyl sites for hydroxylation is 1. The second-order valence-corrected chi connectivity index (χ2v) is 11.4. The van der Waals surface area contributed by atoms with E-state index in [0.29, 0.717) is 28.3 Å². The maximum Gasteiger partial charge on any atom is 1.00 e. The standard InChI is InChI=1S/C30H29ClN2O4S2.Li/c1-18-8-4-5-9-20(18)23-16-19(12-13-21(23)28(34)33-25(30(35)36)14-15-38-3)27(37-2)26-17-32-29(39-26)22-10-6-7-11-24(22)31;/h4-13,16-17,25,27H,14-15H2,1-3H3,(H,33,34)(H,35,36);/q;+1. The predicted molar refractivity (Wildman–Crippen MR) is 160 cm³/mol. The van der Waals surface area contributed by atoms with Gasteiger partial charge in [0.25, 0.3) is 5.91 Å². The van der Waals surface area contributed by atoms with Gasteiger partial charge in [-0.25, -0.2) is 9.78 Å². The molecule has 0 fully saturated rings. The molecule has 0 aliphatic heterocycles. The molecule has 2 atom stereocenters. The van der Waals surface area contributed by atoms with Crippen LogP contribution in [0.4, 0.5) is 0 Å². The van der Waals surface area contributed by atoms with Crippen molar-refractivity contribution in [2.75, 3.05) is 19.1 Å². The first-order valence-corrected chi connectivity index (χ1v) is 14.9. The van der Waals surface area contributed by atoms with Crippen LogP contribution in [0.1, 0.15) is 38.9 Å². The molecule has 40 heavy (non-hydrogen) atoms. The molecule has 6 nitrogen and oxygen atoms in total. The number of nitrogens with zero attached hydrogens (tertiary/aromatic N) is 1. The summed E-state index contributed by atoms with van der Waals surface area (Å²) in [5, 5.41) is 13.8. The molecule has 0 spiro atoms. The van der Waals surface area contributed by atoms with E-state index >= 15 is 0 Å². The van der Waals surface area contributed by atoms with E-state index < -0.39 is 24.0 Å². The van der Waals surface area contributed by atoms with Crippen molar-refractivity contribution < 1.29 is 38.3 Å². The number of hydrogen-bond donors (Lipinski definition) is 2. The molecule has 3 aromatic carbocycles. The fraction of sp³-hybridized carbons (Fsp3) is 0.233. The van der Waals surface area contributed by atoms with Gasteiger partial charge in [-0.05, 0) is 65.8 Å². The first kappa shape index (κ1) is 31.9. The number of carboxylic acid groups (broad SMARTS) is 1. The van der Waals surface area contributed by atoms with Crippen LogP contribution < -0.4 is 24.2 Å². The van der Waals surface area contributed by atoms with E-state index in [-0.39, 0.29) is 18.9 Å². The minimum atomic E-state index is -1.05. The number of aliphatic carboxylic acids is 1. The Kier molecular flexibility index (Phi) is 11.9. The van der Waals surface area contributed by atoms with Gasteiger partial charge >= 0.3 is 24.8 Å². The SMILES string of the molecule is COC(c1ccc(C(=O)NC(CCSC)C(=O)O)c(-c2ccccc2C)c1)c1cnc(-c2ccccc2Cl)s1.[Li+]. The molecular formula is C30H29ClLiN2O4S2+. The largest absolute Gasteiger partial charge is 1.00 e. The second kappa shape index (κ2) is 14.9. The molecule has 0 aliphatic rings. The van der Waals surface area contributed by atoms with Gasteiger partial charge in [-0.1, -0.05) is 60.1 Å². The smallest absolute Gasteiger partial charge is 0.480 e. The van der Waals surface area contributed by atoms with Crippen LogP contribution in [0.15, 0.2) is 72.9 Å². The Morgan fingerprint density at radius 3 is 2.42 bits per heavy atom. The molecule has 2 unspecified atom stereocenters. The number of carboxylic acids is 1. The zero-order chi connectivity index (χ0) is 27.9. The number of hydrogen-bond acceptors (Lipinski definition) is 6. The fourth-order valence-electron chi connectivity index (χ4n) is 4.33. The molecule has 4 rings (SSSR count). The van der Waals surface area contributed by atoms with Crippen molar-refractivity contribution in [2.45, 2.75) is 25.5 Å². The molecular weight excluding hydrogens is 559 g/mol. The number of thioether (sulfide) groups is 1. The summed E-state index contributed by atoms with van der Waals surface area (Å²) < 4.78 is 5.92. The predicted octanol–water partition coefficient (Wildman–Crippen LogP) is 4.11. The van der Waals surface area contributed by atoms with Crippen molar-refractivity contribution in [3.05, 3.63) is 99.5 Å². The normalized spacial score (nSPS) is 12.3. The summed E-state index contributed by atoms with van der Waals surface area (Å²) in [7, 11) is 1.64. The molecule has 0 bridgehead atoms. The van der Waals surface area contributed by atoms with Crippen molar-refractivity contribution in [3.8, 4) is 21.7 Å². The average molecular weight is 588 g/mol. The number of amides is 1. The molecule has 0 saturated heterocycles. The Balaban J connectivity index is 0.00000441. The first-order valence-electron chi connectivity index (χ1n) is 12.3. The van der Waals surface area contributed by atoms with E-state index in [1.807, 2.05) is 73.8 Å². The average Bonchev–Trinajstić information content (AvgIpc) is 3.41. The Morgan fingerprint density at radius 1 is 1.07 bits per heavy atom. The summed E-state index contributed by atoms with van der Waals surface area (Å²) in [5.74, 6) is -0.854. The Labute approximate surface area is 259 Å². The molecule has 2 N–H and O–H groups in total. The Morgan fingerprint density at radius 2 is 1.77 bits per heavy atom. The Hall–Kier alpha value is -2.57. The van der Waals surface area contributed by atoms with Crippen LogP contribution in [-0.2, 0) is 9.53 Å². The van der Waals surface area contributed by atoms with Crippen LogP contribution in [0.5, 0.6) is 0 Å². The summed E-state index contributed by atoms with van der Waals surface area (Å²) in [6, 6.07) is 19.9. The molecule has 0 radical (unpaired) electrons. The maximum atomic E-state index is 13.4. The monoisotopic (exact) mass is 587 g/mol. The van der Waals surface area contributed by atoms with Crippen molar-refractivity contribution in [3.63, 3.8) is 0 Å². The van der Waals surface area contributed by atoms with Crippen LogP contribution in [0.25, 0.3) is 21.7 Å². The molecule has 10 heteroatoms. The fourth-order valence-corrected chi connectivity index (χ4v) is 6.15. The first-order chi connectivity index (χ1) is 18.8. The summed E-state index contributed by atoms with van der Waals surface area (Å²) in [6.07, 6.45) is 3.61. The maximum absolute atomic E-state index is 13.4. The number of halogens is 1. The van der Waals surface area contributed by atoms with Crippen LogP contribution in [0, 0.1) is 6.92 Å². The minimum Gasteiger partial charge on any atom is -0.480 e. The minimum absolute atomic E-state index is 0. The van der Waals surface area contributed by atoms with E-state index in [1.165, 1.54) is 23.1 Å². The van der Waals surface area contributed by atoms with Gasteiger partial charge in [0, 0.05) is 24.4 Å². The van der Waals surface area contributed by atoms with Crippen molar-refractivity contribution in [1.29, 1.82) is 0 Å². The quantitative estimate of drug-likeness (QED) is 0.257. The third-order valence-corrected chi connectivity index (χ3v) is 8.41. The van der Waals surface area contributed by atoms with Crippen molar-refractivity contribution >= 4 is 46.6 Å². The van der Waals surface area contributed by atoms with Crippen molar-refractivity contribution in [2.24, 2.45) is 0 Å². The molecule has 0 saturated carbocycles. The van der Waals surface area contributed by atoms with E-state index in [2.05, 4.69) is 10.3 Å². The van der Waals surface area contributed by atoms with E-state index in [9.17, 15) is 14.7 Å². The third kappa shape index (κ3) is 7.38. The second-order valence-electron chi connectivity index (χ2n) is 8.93. The van der Waals surface area contributed by atoms with Crippen LogP contribution in [0.3, 0.4) is 0 Å². The topological polar surface area (TPSA) is 88.5 Å². The number of ether oxygens (including phenoxy) is 1. The van der Waals surface area contributed by atoms with Crippen molar-refractivity contribution in [1.82, 2.24) is 10.3 Å². The third-order valence-electron chi connectivity index (χ3n) is 6.36. The summed E-state index contributed by atoms with van der Waals surface area (Å²) in [6.45, 7) is 1.98. The van der Waals surface area contributed by atoms with Gasteiger partial charge in [0.15, 0.2) is 0 Å². The van der Waals surface area contributed by atoms with Gasteiger partial charge in [-0.15, -0.1) is 11.3 Å². The van der Waals surface area contributed by atoms with E-state index in [0.717, 1.165) is 32.1 Å². The molecule has 1 aromatic heterocycles. The van der Waals surface area contributed by atoms with Gasteiger partial charge in [0.05, 0.1) is 9.90 Å². The zero-order valence-electron chi connectivity index (χ0n) is 22.8.